The molecule has 1 heterocycles. The summed E-state index contributed by atoms with van der Waals surface area (Å²) in [5.41, 5.74) is 2.54. The molecule has 0 bridgehead atoms. The number of carboxylic acids is 1. The lowest BCUT2D eigenvalue weighted by Gasteiger charge is -2.06. The number of nitrogens with zero attached hydrogens (tertiary/aromatic N) is 1. The third kappa shape index (κ3) is 2.34. The van der Waals surface area contributed by atoms with Crippen molar-refractivity contribution < 1.29 is 9.90 Å². The predicted molar refractivity (Wildman–Crippen MR) is 82.1 cm³/mol. The fourth-order valence-electron chi connectivity index (χ4n) is 2.27. The minimum absolute atomic E-state index is 0.314. The number of hydrogen-bond donors (Lipinski definition) is 1. The lowest BCUT2D eigenvalue weighted by Crippen LogP contribution is -2.00. The average molecular weight is 330 g/mol. The lowest BCUT2D eigenvalue weighted by atomic mass is 10.1. The van der Waals surface area contributed by atoms with Crippen molar-refractivity contribution in [2.24, 2.45) is 0 Å². The molecule has 4 heteroatoms. The van der Waals surface area contributed by atoms with Crippen LogP contribution in [-0.2, 0) is 6.54 Å². The Morgan fingerprint density at radius 1 is 1.10 bits per heavy atom. The average Bonchev–Trinajstić information content (AvgIpc) is 2.84. The summed E-state index contributed by atoms with van der Waals surface area (Å²) in [7, 11) is 0. The Labute approximate surface area is 124 Å². The molecule has 2 aromatic carbocycles. The number of aromatic nitrogens is 1. The lowest BCUT2D eigenvalue weighted by molar-refractivity contribution is 0.0697. The van der Waals surface area contributed by atoms with Crippen molar-refractivity contribution in [2.45, 2.75) is 6.54 Å². The molecule has 0 aliphatic carbocycles. The summed E-state index contributed by atoms with van der Waals surface area (Å²) in [5.74, 6) is -0.896. The van der Waals surface area contributed by atoms with Gasteiger partial charge in [-0.3, -0.25) is 0 Å². The van der Waals surface area contributed by atoms with E-state index in [4.69, 9.17) is 5.11 Å². The summed E-state index contributed by atoms with van der Waals surface area (Å²) in [5, 5.41) is 10.1. The molecule has 20 heavy (non-hydrogen) atoms. The minimum atomic E-state index is -0.896. The summed E-state index contributed by atoms with van der Waals surface area (Å²) >= 11 is 3.54. The Hall–Kier alpha value is -2.07. The van der Waals surface area contributed by atoms with Crippen molar-refractivity contribution in [3.63, 3.8) is 0 Å². The highest BCUT2D eigenvalue weighted by Crippen LogP contribution is 2.25. The van der Waals surface area contributed by atoms with Crippen LogP contribution < -0.4 is 0 Å². The van der Waals surface area contributed by atoms with Gasteiger partial charge in [-0.05, 0) is 35.9 Å². The van der Waals surface area contributed by atoms with Gasteiger partial charge in [0.15, 0.2) is 0 Å². The van der Waals surface area contributed by atoms with Gasteiger partial charge in [0, 0.05) is 28.1 Å². The van der Waals surface area contributed by atoms with E-state index in [-0.39, 0.29) is 0 Å². The van der Waals surface area contributed by atoms with Crippen LogP contribution in [0, 0.1) is 0 Å². The Morgan fingerprint density at radius 2 is 1.85 bits per heavy atom. The van der Waals surface area contributed by atoms with Crippen LogP contribution in [0.15, 0.2) is 59.2 Å². The van der Waals surface area contributed by atoms with Crippen LogP contribution in [0.1, 0.15) is 15.9 Å². The summed E-state index contributed by atoms with van der Waals surface area (Å²) in [6, 6.07) is 15.2. The topological polar surface area (TPSA) is 42.2 Å². The fourth-order valence-corrected chi connectivity index (χ4v) is 2.76. The summed E-state index contributed by atoms with van der Waals surface area (Å²) < 4.78 is 3.23. The molecule has 0 unspecified atom stereocenters. The fraction of sp³-hybridized carbons (Fsp3) is 0.0625. The maximum atomic E-state index is 10.8. The van der Waals surface area contributed by atoms with Gasteiger partial charge in [-0.1, -0.05) is 34.1 Å². The van der Waals surface area contributed by atoms with Crippen LogP contribution >= 0.6 is 15.9 Å². The summed E-state index contributed by atoms with van der Waals surface area (Å²) in [6.07, 6.45) is 2.04. The molecule has 0 saturated heterocycles. The first-order chi connectivity index (χ1) is 9.65. The zero-order valence-corrected chi connectivity index (χ0v) is 12.2. The maximum Gasteiger partial charge on any atom is 0.335 e. The van der Waals surface area contributed by atoms with E-state index in [2.05, 4.69) is 32.6 Å². The van der Waals surface area contributed by atoms with Crippen molar-refractivity contribution in [2.75, 3.05) is 0 Å². The van der Waals surface area contributed by atoms with E-state index in [0.717, 1.165) is 22.1 Å². The normalized spacial score (nSPS) is 10.8. The number of carbonyl (C=O) groups is 1. The zero-order valence-electron chi connectivity index (χ0n) is 10.6. The monoisotopic (exact) mass is 329 g/mol. The molecule has 0 aliphatic heterocycles. The number of fused-ring (bicyclic) bond motifs is 1. The van der Waals surface area contributed by atoms with E-state index in [1.165, 1.54) is 5.39 Å². The van der Waals surface area contributed by atoms with Gasteiger partial charge in [0.2, 0.25) is 0 Å². The van der Waals surface area contributed by atoms with E-state index in [0.29, 0.717) is 5.56 Å². The van der Waals surface area contributed by atoms with Gasteiger partial charge in [0.05, 0.1) is 5.56 Å². The quantitative estimate of drug-likeness (QED) is 0.784. The molecule has 3 aromatic rings. The Balaban J connectivity index is 1.93. The number of rotatable bonds is 3. The highest BCUT2D eigenvalue weighted by atomic mass is 79.9. The number of hydrogen-bond acceptors (Lipinski definition) is 1. The Morgan fingerprint density at radius 3 is 2.55 bits per heavy atom. The van der Waals surface area contributed by atoms with Crippen molar-refractivity contribution in [1.82, 2.24) is 4.57 Å². The van der Waals surface area contributed by atoms with Gasteiger partial charge in [-0.2, -0.15) is 0 Å². The minimum Gasteiger partial charge on any atom is -0.478 e. The number of aromatic carboxylic acids is 1. The van der Waals surface area contributed by atoms with Crippen LogP contribution in [0.25, 0.3) is 10.9 Å². The molecule has 0 atom stereocenters. The third-order valence-electron chi connectivity index (χ3n) is 3.31. The maximum absolute atomic E-state index is 10.8. The second kappa shape index (κ2) is 5.13. The molecule has 3 nitrogen and oxygen atoms in total. The zero-order chi connectivity index (χ0) is 14.1. The number of carboxylic acid groups (broad SMARTS) is 1. The molecule has 1 aromatic heterocycles. The molecular formula is C16H12BrNO2. The molecule has 0 aliphatic rings. The first kappa shape index (κ1) is 12.9. The van der Waals surface area contributed by atoms with Gasteiger partial charge < -0.3 is 9.67 Å². The van der Waals surface area contributed by atoms with E-state index in [1.807, 2.05) is 30.5 Å². The highest BCUT2D eigenvalue weighted by Gasteiger charge is 2.05. The van der Waals surface area contributed by atoms with Gasteiger partial charge >= 0.3 is 5.97 Å². The van der Waals surface area contributed by atoms with Crippen LogP contribution in [0.5, 0.6) is 0 Å². The van der Waals surface area contributed by atoms with Gasteiger partial charge in [-0.15, -0.1) is 0 Å². The Bertz CT molecular complexity index is 775. The van der Waals surface area contributed by atoms with E-state index < -0.39 is 5.97 Å². The van der Waals surface area contributed by atoms with E-state index in [9.17, 15) is 4.79 Å². The van der Waals surface area contributed by atoms with Crippen LogP contribution in [0.4, 0.5) is 0 Å². The van der Waals surface area contributed by atoms with Crippen LogP contribution in [-0.4, -0.2) is 15.6 Å². The first-order valence-corrected chi connectivity index (χ1v) is 7.00. The molecule has 3 rings (SSSR count). The number of halogens is 1. The molecule has 100 valence electrons. The first-order valence-electron chi connectivity index (χ1n) is 6.21. The largest absolute Gasteiger partial charge is 0.478 e. The number of benzene rings is 2. The standard InChI is InChI=1S/C16H12BrNO2/c17-14-2-1-3-15-13(14)8-9-18(15)10-11-4-6-12(7-5-11)16(19)20/h1-9H,10H2,(H,19,20). The SMILES string of the molecule is O=C(O)c1ccc(Cn2ccc3c(Br)cccc32)cc1. The van der Waals surface area contributed by atoms with Gasteiger partial charge in [0.1, 0.15) is 0 Å². The predicted octanol–water partition coefficient (Wildman–Crippen LogP) is 4.15. The summed E-state index contributed by atoms with van der Waals surface area (Å²) in [4.78, 5) is 10.8. The van der Waals surface area contributed by atoms with Crippen molar-refractivity contribution in [1.29, 1.82) is 0 Å². The molecular weight excluding hydrogens is 318 g/mol. The van der Waals surface area contributed by atoms with Gasteiger partial charge in [-0.25, -0.2) is 4.79 Å². The van der Waals surface area contributed by atoms with Crippen LogP contribution in [0.3, 0.4) is 0 Å². The molecule has 1 N–H and O–H groups in total. The van der Waals surface area contributed by atoms with Crippen molar-refractivity contribution in [3.8, 4) is 0 Å². The molecule has 0 amide bonds. The smallest absolute Gasteiger partial charge is 0.335 e. The van der Waals surface area contributed by atoms with Crippen LogP contribution in [0.2, 0.25) is 0 Å². The third-order valence-corrected chi connectivity index (χ3v) is 4.01. The van der Waals surface area contributed by atoms with Crippen molar-refractivity contribution >= 4 is 32.8 Å². The second-order valence-corrected chi connectivity index (χ2v) is 5.47. The molecule has 0 spiro atoms. The molecule has 0 radical (unpaired) electrons. The highest BCUT2D eigenvalue weighted by molar-refractivity contribution is 9.10. The van der Waals surface area contributed by atoms with E-state index >= 15 is 0 Å². The second-order valence-electron chi connectivity index (χ2n) is 4.62. The van der Waals surface area contributed by atoms with Gasteiger partial charge in [0.25, 0.3) is 0 Å². The Kier molecular flexibility index (Phi) is 3.32. The molecule has 0 fully saturated rings. The summed E-state index contributed by atoms with van der Waals surface area (Å²) in [6.45, 7) is 0.722. The van der Waals surface area contributed by atoms with E-state index in [1.54, 1.807) is 12.1 Å². The van der Waals surface area contributed by atoms with Crippen molar-refractivity contribution in [3.05, 3.63) is 70.3 Å². The molecule has 0 saturated carbocycles.